The molecule has 3 rings (SSSR count). The van der Waals surface area contributed by atoms with Crippen LogP contribution in [0.1, 0.15) is 11.4 Å². The van der Waals surface area contributed by atoms with Gasteiger partial charge in [0.1, 0.15) is 0 Å². The first-order valence-electron chi connectivity index (χ1n) is 8.03. The normalized spacial score (nSPS) is 10.9. The Morgan fingerprint density at radius 3 is 3.00 bits per heavy atom. The van der Waals surface area contributed by atoms with Gasteiger partial charge in [0.15, 0.2) is 0 Å². The summed E-state index contributed by atoms with van der Waals surface area (Å²) in [5.74, 6) is 0. The molecule has 3 aromatic rings. The van der Waals surface area contributed by atoms with Crippen molar-refractivity contribution in [3.8, 4) is 0 Å². The van der Waals surface area contributed by atoms with Crippen LogP contribution in [0.2, 0.25) is 0 Å². The zero-order valence-electron chi connectivity index (χ0n) is 13.7. The Kier molecular flexibility index (Phi) is 5.43. The molecule has 24 heavy (non-hydrogen) atoms. The van der Waals surface area contributed by atoms with E-state index in [9.17, 15) is 4.79 Å². The molecule has 0 aliphatic heterocycles. The van der Waals surface area contributed by atoms with E-state index in [0.29, 0.717) is 19.6 Å². The number of hydrogen-bond donors (Lipinski definition) is 1. The van der Waals surface area contributed by atoms with Gasteiger partial charge in [-0.1, -0.05) is 12.1 Å². The fraction of sp³-hybridized carbons (Fsp3) is 0.353. The Balaban J connectivity index is 1.36. The summed E-state index contributed by atoms with van der Waals surface area (Å²) in [5.41, 5.74) is 1.06. The second-order valence-electron chi connectivity index (χ2n) is 5.60. The molecule has 0 spiro atoms. The number of fused-ring (bicyclic) bond motifs is 1. The number of carbonyl (C=O) groups excluding carboxylic acids is 1. The third-order valence-corrected chi connectivity index (χ3v) is 4.85. The van der Waals surface area contributed by atoms with Crippen LogP contribution in [-0.2, 0) is 13.0 Å². The van der Waals surface area contributed by atoms with E-state index in [1.54, 1.807) is 29.5 Å². The molecule has 0 unspecified atom stereocenters. The predicted octanol–water partition coefficient (Wildman–Crippen LogP) is 2.77. The summed E-state index contributed by atoms with van der Waals surface area (Å²) < 4.78 is 3.03. The summed E-state index contributed by atoms with van der Waals surface area (Å²) in [6.07, 6.45) is 5.40. The number of amides is 2. The third-order valence-electron chi connectivity index (χ3n) is 3.75. The quantitative estimate of drug-likeness (QED) is 0.671. The molecule has 0 atom stereocenters. The van der Waals surface area contributed by atoms with E-state index in [2.05, 4.69) is 21.5 Å². The number of aryl methyl sites for hydroxylation is 1. The van der Waals surface area contributed by atoms with Gasteiger partial charge in [0.25, 0.3) is 0 Å². The number of thiazole rings is 1. The number of aromatic nitrogens is 3. The maximum absolute atomic E-state index is 12.0. The zero-order chi connectivity index (χ0) is 16.8. The van der Waals surface area contributed by atoms with Crippen molar-refractivity contribution in [3.05, 3.63) is 47.7 Å². The molecule has 0 aliphatic carbocycles. The van der Waals surface area contributed by atoms with Gasteiger partial charge in [0.05, 0.1) is 21.8 Å². The Morgan fingerprint density at radius 2 is 2.21 bits per heavy atom. The summed E-state index contributed by atoms with van der Waals surface area (Å²) in [4.78, 5) is 18.3. The summed E-state index contributed by atoms with van der Waals surface area (Å²) in [5, 5.41) is 8.20. The number of likely N-dealkylation sites (N-methyl/N-ethyl adjacent to an activating group) is 1. The van der Waals surface area contributed by atoms with Crippen molar-refractivity contribution in [2.45, 2.75) is 19.4 Å². The monoisotopic (exact) mass is 343 g/mol. The zero-order valence-corrected chi connectivity index (χ0v) is 14.5. The van der Waals surface area contributed by atoms with E-state index in [1.165, 1.54) is 4.70 Å². The van der Waals surface area contributed by atoms with Crippen LogP contribution in [0.3, 0.4) is 0 Å². The molecule has 0 saturated heterocycles. The fourth-order valence-electron chi connectivity index (χ4n) is 2.38. The minimum absolute atomic E-state index is 0.0496. The number of nitrogens with zero attached hydrogens (tertiary/aromatic N) is 4. The van der Waals surface area contributed by atoms with Gasteiger partial charge in [-0.05, 0) is 24.6 Å². The van der Waals surface area contributed by atoms with Crippen LogP contribution in [0.25, 0.3) is 10.2 Å². The van der Waals surface area contributed by atoms with E-state index in [1.807, 2.05) is 35.1 Å². The third kappa shape index (κ3) is 4.32. The summed E-state index contributed by atoms with van der Waals surface area (Å²) in [6, 6.07) is 9.99. The Bertz CT molecular complexity index is 750. The van der Waals surface area contributed by atoms with Gasteiger partial charge in [0, 0.05) is 39.0 Å². The van der Waals surface area contributed by atoms with Crippen molar-refractivity contribution in [1.82, 2.24) is 25.0 Å². The lowest BCUT2D eigenvalue weighted by Gasteiger charge is -2.17. The van der Waals surface area contributed by atoms with Crippen LogP contribution in [0.15, 0.2) is 42.7 Å². The molecule has 0 bridgehead atoms. The topological polar surface area (TPSA) is 63.1 Å². The molecule has 1 aromatic carbocycles. The van der Waals surface area contributed by atoms with Crippen LogP contribution in [0.4, 0.5) is 4.79 Å². The van der Waals surface area contributed by atoms with Crippen LogP contribution in [0.5, 0.6) is 0 Å². The van der Waals surface area contributed by atoms with Crippen LogP contribution in [-0.4, -0.2) is 45.8 Å². The Hall–Kier alpha value is -2.41. The largest absolute Gasteiger partial charge is 0.338 e. The standard InChI is InChI=1S/C17H21N5OS/c1-21(12-13-22-11-5-10-19-22)17(23)18-9-4-8-16-20-14-6-2-3-7-15(14)24-16/h2-3,5-7,10-11H,4,8-9,12-13H2,1H3,(H,18,23). The van der Waals surface area contributed by atoms with E-state index >= 15 is 0 Å². The van der Waals surface area contributed by atoms with Gasteiger partial charge in [-0.3, -0.25) is 4.68 Å². The van der Waals surface area contributed by atoms with Gasteiger partial charge in [-0.25, -0.2) is 9.78 Å². The van der Waals surface area contributed by atoms with Crippen molar-refractivity contribution in [1.29, 1.82) is 0 Å². The number of benzene rings is 1. The van der Waals surface area contributed by atoms with E-state index < -0.39 is 0 Å². The predicted molar refractivity (Wildman–Crippen MR) is 96.2 cm³/mol. The first kappa shape index (κ1) is 16.4. The first-order valence-corrected chi connectivity index (χ1v) is 8.85. The molecule has 0 fully saturated rings. The molecule has 126 valence electrons. The van der Waals surface area contributed by atoms with Crippen LogP contribution >= 0.6 is 11.3 Å². The highest BCUT2D eigenvalue weighted by Gasteiger charge is 2.08. The number of para-hydroxylation sites is 1. The molecular weight excluding hydrogens is 322 g/mol. The molecule has 2 amide bonds. The van der Waals surface area contributed by atoms with E-state index in [-0.39, 0.29) is 6.03 Å². The van der Waals surface area contributed by atoms with E-state index in [0.717, 1.165) is 23.4 Å². The van der Waals surface area contributed by atoms with Crippen molar-refractivity contribution < 1.29 is 4.79 Å². The Labute approximate surface area is 145 Å². The maximum Gasteiger partial charge on any atom is 0.317 e. The van der Waals surface area contributed by atoms with Crippen molar-refractivity contribution in [2.75, 3.05) is 20.1 Å². The molecular formula is C17H21N5OS. The van der Waals surface area contributed by atoms with E-state index in [4.69, 9.17) is 0 Å². The molecule has 7 heteroatoms. The minimum atomic E-state index is -0.0496. The van der Waals surface area contributed by atoms with Crippen molar-refractivity contribution in [2.24, 2.45) is 0 Å². The summed E-state index contributed by atoms with van der Waals surface area (Å²) >= 11 is 1.73. The Morgan fingerprint density at radius 1 is 1.33 bits per heavy atom. The van der Waals surface area contributed by atoms with Crippen LogP contribution < -0.4 is 5.32 Å². The summed E-state index contributed by atoms with van der Waals surface area (Å²) in [7, 11) is 1.80. The highest BCUT2D eigenvalue weighted by molar-refractivity contribution is 7.18. The fourth-order valence-corrected chi connectivity index (χ4v) is 3.39. The number of urea groups is 1. The number of rotatable bonds is 7. The van der Waals surface area contributed by atoms with Gasteiger partial charge in [-0.15, -0.1) is 11.3 Å². The average Bonchev–Trinajstić information content (AvgIpc) is 3.25. The van der Waals surface area contributed by atoms with Gasteiger partial charge in [-0.2, -0.15) is 5.10 Å². The molecule has 0 saturated carbocycles. The van der Waals surface area contributed by atoms with Crippen molar-refractivity contribution in [3.63, 3.8) is 0 Å². The smallest absolute Gasteiger partial charge is 0.317 e. The molecule has 0 radical (unpaired) electrons. The SMILES string of the molecule is CN(CCn1cccn1)C(=O)NCCCc1nc2ccccc2s1. The lowest BCUT2D eigenvalue weighted by atomic mass is 10.3. The molecule has 6 nitrogen and oxygen atoms in total. The minimum Gasteiger partial charge on any atom is -0.338 e. The highest BCUT2D eigenvalue weighted by Crippen LogP contribution is 2.22. The lowest BCUT2D eigenvalue weighted by molar-refractivity contribution is 0.206. The van der Waals surface area contributed by atoms with Crippen LogP contribution in [0, 0.1) is 0 Å². The van der Waals surface area contributed by atoms with Crippen molar-refractivity contribution >= 4 is 27.6 Å². The van der Waals surface area contributed by atoms with Gasteiger partial charge >= 0.3 is 6.03 Å². The number of carbonyl (C=O) groups is 1. The first-order chi connectivity index (χ1) is 11.7. The maximum atomic E-state index is 12.0. The highest BCUT2D eigenvalue weighted by atomic mass is 32.1. The van der Waals surface area contributed by atoms with Gasteiger partial charge in [0.2, 0.25) is 0 Å². The number of nitrogens with one attached hydrogen (secondary N) is 1. The molecule has 0 aliphatic rings. The molecule has 1 N–H and O–H groups in total. The molecule has 2 heterocycles. The second-order valence-corrected chi connectivity index (χ2v) is 6.72. The second kappa shape index (κ2) is 7.92. The average molecular weight is 343 g/mol. The lowest BCUT2D eigenvalue weighted by Crippen LogP contribution is -2.39. The number of hydrogen-bond acceptors (Lipinski definition) is 4. The van der Waals surface area contributed by atoms with Gasteiger partial charge < -0.3 is 10.2 Å². The summed E-state index contributed by atoms with van der Waals surface area (Å²) in [6.45, 7) is 1.98. The molecule has 2 aromatic heterocycles.